The van der Waals surface area contributed by atoms with Gasteiger partial charge < -0.3 is 29.7 Å². The van der Waals surface area contributed by atoms with Crippen LogP contribution in [0.4, 0.5) is 0 Å². The molecule has 1 spiro atoms. The third-order valence-corrected chi connectivity index (χ3v) is 9.60. The van der Waals surface area contributed by atoms with E-state index in [1.165, 1.54) is 4.90 Å². The van der Waals surface area contributed by atoms with Gasteiger partial charge in [-0.3, -0.25) is 19.2 Å². The molecule has 1 aromatic carbocycles. The number of fused-ring (bicyclic) bond motifs is 1. The Morgan fingerprint density at radius 3 is 2.57 bits per heavy atom. The van der Waals surface area contributed by atoms with E-state index < -0.39 is 53.0 Å². The van der Waals surface area contributed by atoms with Crippen molar-refractivity contribution in [1.82, 2.24) is 15.1 Å². The topological polar surface area (TPSA) is 125 Å². The maximum atomic E-state index is 14.4. The summed E-state index contributed by atoms with van der Waals surface area (Å²) in [5, 5.41) is 12.7. The predicted octanol–water partition coefficient (Wildman–Crippen LogP) is 3.30. The lowest BCUT2D eigenvalue weighted by molar-refractivity contribution is -0.151. The molecular formula is C33H44BrN3O7. The first-order valence-electron chi connectivity index (χ1n) is 15.2. The fourth-order valence-corrected chi connectivity index (χ4v) is 7.75. The van der Waals surface area contributed by atoms with Crippen molar-refractivity contribution in [2.45, 2.75) is 80.6 Å². The Kier molecular flexibility index (Phi) is 10.7. The highest BCUT2D eigenvalue weighted by molar-refractivity contribution is 9.09. The number of esters is 1. The zero-order valence-corrected chi connectivity index (χ0v) is 27.3. The Labute approximate surface area is 267 Å². The quantitative estimate of drug-likeness (QED) is 0.176. The number of aliphatic hydroxyl groups excluding tert-OH is 1. The van der Waals surface area contributed by atoms with Crippen LogP contribution < -0.4 is 5.32 Å². The zero-order valence-electron chi connectivity index (χ0n) is 25.7. The highest BCUT2D eigenvalue weighted by atomic mass is 79.9. The maximum absolute atomic E-state index is 14.4. The van der Waals surface area contributed by atoms with Gasteiger partial charge in [0.1, 0.15) is 18.2 Å². The second kappa shape index (κ2) is 14.0. The van der Waals surface area contributed by atoms with Crippen LogP contribution in [0.15, 0.2) is 55.6 Å². The summed E-state index contributed by atoms with van der Waals surface area (Å²) in [6.07, 6.45) is 3.95. The third kappa shape index (κ3) is 6.50. The number of likely N-dealkylation sites (tertiary alicyclic amines) is 1. The summed E-state index contributed by atoms with van der Waals surface area (Å²) in [6.45, 7) is 13.4. The average Bonchev–Trinajstić information content (AvgIpc) is 3.58. The molecule has 10 nitrogen and oxygen atoms in total. The molecular weight excluding hydrogens is 630 g/mol. The maximum Gasteiger partial charge on any atom is 0.306 e. The van der Waals surface area contributed by atoms with Crippen LogP contribution in [-0.2, 0) is 28.7 Å². The van der Waals surface area contributed by atoms with E-state index in [2.05, 4.69) is 34.4 Å². The van der Waals surface area contributed by atoms with Crippen molar-refractivity contribution in [3.8, 4) is 0 Å². The number of benzene rings is 1. The van der Waals surface area contributed by atoms with Gasteiger partial charge in [-0.05, 0) is 45.6 Å². The van der Waals surface area contributed by atoms with Crippen LogP contribution in [-0.4, -0.2) is 93.0 Å². The number of aliphatic hydroxyl groups is 1. The van der Waals surface area contributed by atoms with Gasteiger partial charge in [0.25, 0.3) is 0 Å². The van der Waals surface area contributed by atoms with Crippen LogP contribution in [0.1, 0.15) is 58.1 Å². The number of hydrogen-bond donors (Lipinski definition) is 2. The Hall–Kier alpha value is -3.02. The van der Waals surface area contributed by atoms with Crippen LogP contribution in [0.3, 0.4) is 0 Å². The summed E-state index contributed by atoms with van der Waals surface area (Å²) in [5.41, 5.74) is -1.06. The molecule has 11 heteroatoms. The van der Waals surface area contributed by atoms with E-state index in [0.29, 0.717) is 12.8 Å². The highest BCUT2D eigenvalue weighted by Crippen LogP contribution is 2.60. The molecule has 0 saturated carbocycles. The van der Waals surface area contributed by atoms with Gasteiger partial charge in [0.2, 0.25) is 17.7 Å². The first kappa shape index (κ1) is 33.9. The fourth-order valence-electron chi connectivity index (χ4n) is 6.80. The molecule has 3 saturated heterocycles. The van der Waals surface area contributed by atoms with Crippen LogP contribution >= 0.6 is 15.9 Å². The minimum atomic E-state index is -1.23. The minimum Gasteiger partial charge on any atom is -0.463 e. The van der Waals surface area contributed by atoms with Gasteiger partial charge in [0, 0.05) is 36.5 Å². The first-order chi connectivity index (χ1) is 20.9. The van der Waals surface area contributed by atoms with Gasteiger partial charge in [-0.2, -0.15) is 0 Å². The van der Waals surface area contributed by atoms with Crippen molar-refractivity contribution in [2.24, 2.45) is 11.8 Å². The SMILES string of the molecule is C=CCCC(=O)OC[C@H](NC(=O)[C@H]1[C@@H]2O[C@@]3(CC2Br)[C@@H]1C(=O)N(CCCO)[C@@H]3C(=O)N(CC=C)C(C)(C)C)c1ccccc1. The number of amides is 3. The van der Waals surface area contributed by atoms with Gasteiger partial charge in [0.05, 0.1) is 24.0 Å². The summed E-state index contributed by atoms with van der Waals surface area (Å²) in [6, 6.07) is 7.55. The van der Waals surface area contributed by atoms with Gasteiger partial charge in [-0.15, -0.1) is 13.2 Å². The number of carbonyl (C=O) groups is 4. The summed E-state index contributed by atoms with van der Waals surface area (Å²) in [4.78, 5) is 58.0. The number of carbonyl (C=O) groups excluding carboxylic acids is 4. The van der Waals surface area contributed by atoms with E-state index in [9.17, 15) is 24.3 Å². The van der Waals surface area contributed by atoms with E-state index in [4.69, 9.17) is 9.47 Å². The molecule has 2 bridgehead atoms. The van der Waals surface area contributed by atoms with Crippen LogP contribution in [0.25, 0.3) is 0 Å². The van der Waals surface area contributed by atoms with Crippen molar-refractivity contribution in [1.29, 1.82) is 0 Å². The molecule has 3 amide bonds. The molecule has 3 aliphatic heterocycles. The lowest BCUT2D eigenvalue weighted by atomic mass is 9.70. The Morgan fingerprint density at radius 1 is 1.25 bits per heavy atom. The molecule has 0 radical (unpaired) electrons. The summed E-state index contributed by atoms with van der Waals surface area (Å²) in [7, 11) is 0. The van der Waals surface area contributed by atoms with Gasteiger partial charge in [0.15, 0.2) is 0 Å². The molecule has 3 fully saturated rings. The predicted molar refractivity (Wildman–Crippen MR) is 168 cm³/mol. The molecule has 0 aromatic heterocycles. The normalized spacial score (nSPS) is 27.9. The third-order valence-electron chi connectivity index (χ3n) is 8.75. The summed E-state index contributed by atoms with van der Waals surface area (Å²) in [5.74, 6) is -3.21. The molecule has 4 rings (SSSR count). The van der Waals surface area contributed by atoms with Crippen LogP contribution in [0, 0.1) is 11.8 Å². The molecule has 240 valence electrons. The average molecular weight is 675 g/mol. The number of allylic oxidation sites excluding steroid dienone is 1. The second-order valence-electron chi connectivity index (χ2n) is 12.7. The summed E-state index contributed by atoms with van der Waals surface area (Å²) >= 11 is 3.70. The number of halogens is 1. The van der Waals surface area contributed by atoms with E-state index in [1.807, 2.05) is 51.1 Å². The molecule has 7 atom stereocenters. The number of nitrogens with one attached hydrogen (secondary N) is 1. The monoisotopic (exact) mass is 673 g/mol. The van der Waals surface area contributed by atoms with E-state index in [0.717, 1.165) is 5.56 Å². The van der Waals surface area contributed by atoms with Crippen molar-refractivity contribution in [3.63, 3.8) is 0 Å². The molecule has 2 N–H and O–H groups in total. The lowest BCUT2D eigenvalue weighted by Crippen LogP contribution is -2.60. The number of alkyl halides is 1. The highest BCUT2D eigenvalue weighted by Gasteiger charge is 2.76. The van der Waals surface area contributed by atoms with E-state index in [-0.39, 0.29) is 55.8 Å². The Morgan fingerprint density at radius 2 is 1.95 bits per heavy atom. The molecule has 1 unspecified atom stereocenters. The van der Waals surface area contributed by atoms with E-state index >= 15 is 0 Å². The Bertz CT molecular complexity index is 1250. The molecule has 44 heavy (non-hydrogen) atoms. The minimum absolute atomic E-state index is 0.0860. The van der Waals surface area contributed by atoms with Crippen molar-refractivity contribution < 1.29 is 33.8 Å². The largest absolute Gasteiger partial charge is 0.463 e. The number of rotatable bonds is 14. The lowest BCUT2D eigenvalue weighted by Gasteiger charge is -2.42. The number of nitrogens with zero attached hydrogens (tertiary/aromatic N) is 2. The van der Waals surface area contributed by atoms with Crippen molar-refractivity contribution in [3.05, 3.63) is 61.2 Å². The van der Waals surface area contributed by atoms with Gasteiger partial charge >= 0.3 is 5.97 Å². The van der Waals surface area contributed by atoms with Gasteiger partial charge in [-0.1, -0.05) is 58.4 Å². The molecule has 1 aromatic rings. The number of hydrogen-bond acceptors (Lipinski definition) is 7. The fraction of sp³-hybridized carbons (Fsp3) is 0.576. The van der Waals surface area contributed by atoms with Crippen LogP contribution in [0.5, 0.6) is 0 Å². The first-order valence-corrected chi connectivity index (χ1v) is 16.1. The molecule has 0 aliphatic carbocycles. The smallest absolute Gasteiger partial charge is 0.306 e. The Balaban J connectivity index is 1.67. The summed E-state index contributed by atoms with van der Waals surface area (Å²) < 4.78 is 12.1. The second-order valence-corrected chi connectivity index (χ2v) is 13.8. The van der Waals surface area contributed by atoms with Gasteiger partial charge in [-0.25, -0.2) is 0 Å². The van der Waals surface area contributed by atoms with E-state index in [1.54, 1.807) is 17.1 Å². The van der Waals surface area contributed by atoms with Crippen LogP contribution in [0.2, 0.25) is 0 Å². The standard InChI is InChI=1S/C33H44BrN3O7/c1-6-8-15-24(39)43-20-23(21-13-10-9-11-14-21)35-29(40)25-26-30(41)36(17-12-18-38)28(33(26)19-22(34)27(25)44-33)31(42)37(16-7-2)32(3,4)5/h6-7,9-11,13-14,22-23,25-28,38H,1-2,8,12,15-20H2,3-5H3,(H,35,40)/t22?,23-,25+,26-,27+,28+,33-/m0/s1. The van der Waals surface area contributed by atoms with Crippen molar-refractivity contribution >= 4 is 39.6 Å². The molecule has 3 heterocycles. The van der Waals surface area contributed by atoms with Crippen molar-refractivity contribution in [2.75, 3.05) is 26.3 Å². The number of ether oxygens (including phenoxy) is 2. The zero-order chi connectivity index (χ0) is 32.2. The molecule has 3 aliphatic rings.